The molecule has 0 unspecified atom stereocenters. The van der Waals surface area contributed by atoms with Gasteiger partial charge in [0.1, 0.15) is 23.2 Å². The maximum absolute atomic E-state index is 9.47. The summed E-state index contributed by atoms with van der Waals surface area (Å²) in [5, 5.41) is 9.47. The van der Waals surface area contributed by atoms with Crippen LogP contribution in [0.3, 0.4) is 0 Å². The molecule has 0 aliphatic carbocycles. The maximum Gasteiger partial charge on any atom is 0.142 e. The second kappa shape index (κ2) is 6.69. The van der Waals surface area contributed by atoms with E-state index < -0.39 is 0 Å². The van der Waals surface area contributed by atoms with Crippen LogP contribution < -0.4 is 10.5 Å². The predicted octanol–water partition coefficient (Wildman–Crippen LogP) is 4.04. The lowest BCUT2D eigenvalue weighted by Gasteiger charge is -2.11. The van der Waals surface area contributed by atoms with Gasteiger partial charge in [-0.15, -0.1) is 0 Å². The van der Waals surface area contributed by atoms with Crippen LogP contribution in [0.5, 0.6) is 5.75 Å². The number of halogens is 1. The van der Waals surface area contributed by atoms with Gasteiger partial charge in [0.25, 0.3) is 0 Å². The van der Waals surface area contributed by atoms with Crippen molar-refractivity contribution in [2.45, 2.75) is 0 Å². The van der Waals surface area contributed by atoms with E-state index in [2.05, 4.69) is 32.0 Å². The third kappa shape index (κ3) is 2.94. The van der Waals surface area contributed by atoms with Gasteiger partial charge < -0.3 is 10.5 Å². The van der Waals surface area contributed by atoms with Crippen LogP contribution in [0.15, 0.2) is 53.1 Å². The number of anilines is 1. The number of pyridine rings is 2. The largest absolute Gasteiger partial charge is 0.496 e. The van der Waals surface area contributed by atoms with Crippen LogP contribution in [-0.4, -0.2) is 17.1 Å². The first kappa shape index (κ1) is 16.0. The predicted molar refractivity (Wildman–Crippen MR) is 96.3 cm³/mol. The third-order valence-electron chi connectivity index (χ3n) is 3.55. The number of hydrogen-bond donors (Lipinski definition) is 1. The van der Waals surface area contributed by atoms with Crippen molar-refractivity contribution in [1.29, 1.82) is 5.26 Å². The number of nitrogens with two attached hydrogens (primary N) is 1. The minimum Gasteiger partial charge on any atom is -0.496 e. The zero-order chi connectivity index (χ0) is 17.1. The van der Waals surface area contributed by atoms with Crippen molar-refractivity contribution in [2.75, 3.05) is 12.8 Å². The second-order valence-corrected chi connectivity index (χ2v) is 5.85. The lowest BCUT2D eigenvalue weighted by molar-refractivity contribution is 0.412. The molecule has 2 N–H and O–H groups in total. The molecule has 118 valence electrons. The highest BCUT2D eigenvalue weighted by Crippen LogP contribution is 2.34. The monoisotopic (exact) mass is 380 g/mol. The van der Waals surface area contributed by atoms with Crippen molar-refractivity contribution in [3.8, 4) is 34.3 Å². The normalized spacial score (nSPS) is 10.2. The summed E-state index contributed by atoms with van der Waals surface area (Å²) < 4.78 is 6.04. The molecule has 0 radical (unpaired) electrons. The Bertz CT molecular complexity index is 936. The van der Waals surface area contributed by atoms with E-state index >= 15 is 0 Å². The highest BCUT2D eigenvalue weighted by atomic mass is 79.9. The van der Waals surface area contributed by atoms with Crippen LogP contribution in [0, 0.1) is 11.3 Å². The molecule has 0 atom stereocenters. The second-order valence-electron chi connectivity index (χ2n) is 4.99. The van der Waals surface area contributed by atoms with E-state index in [-0.39, 0.29) is 5.82 Å². The molecule has 6 heteroatoms. The van der Waals surface area contributed by atoms with Crippen molar-refractivity contribution in [3.05, 3.63) is 58.7 Å². The molecule has 3 rings (SSSR count). The molecule has 1 aromatic carbocycles. The highest BCUT2D eigenvalue weighted by molar-refractivity contribution is 9.10. The zero-order valence-electron chi connectivity index (χ0n) is 12.8. The van der Waals surface area contributed by atoms with Gasteiger partial charge in [-0.1, -0.05) is 12.1 Å². The van der Waals surface area contributed by atoms with Crippen LogP contribution in [0.25, 0.3) is 22.5 Å². The van der Waals surface area contributed by atoms with Gasteiger partial charge in [-0.25, -0.2) is 4.98 Å². The Hall–Kier alpha value is -2.91. The van der Waals surface area contributed by atoms with Crippen molar-refractivity contribution in [1.82, 2.24) is 9.97 Å². The topological polar surface area (TPSA) is 84.8 Å². The molecule has 0 aliphatic heterocycles. The average Bonchev–Trinajstić information content (AvgIpc) is 2.61. The summed E-state index contributed by atoms with van der Waals surface area (Å²) in [6.45, 7) is 0. The van der Waals surface area contributed by atoms with Gasteiger partial charge in [0.15, 0.2) is 0 Å². The number of ether oxygens (including phenoxy) is 1. The molecule has 0 amide bonds. The first-order valence-electron chi connectivity index (χ1n) is 7.10. The van der Waals surface area contributed by atoms with Crippen molar-refractivity contribution < 1.29 is 4.74 Å². The van der Waals surface area contributed by atoms with E-state index in [0.29, 0.717) is 28.3 Å². The molecular weight excluding hydrogens is 368 g/mol. The summed E-state index contributed by atoms with van der Waals surface area (Å²) in [6.07, 6.45) is 1.69. The zero-order valence-corrected chi connectivity index (χ0v) is 14.4. The Morgan fingerprint density at radius 3 is 2.62 bits per heavy atom. The van der Waals surface area contributed by atoms with Gasteiger partial charge in [0.05, 0.1) is 23.0 Å². The molecule has 0 saturated heterocycles. The number of aromatic nitrogens is 2. The van der Waals surface area contributed by atoms with Gasteiger partial charge in [0, 0.05) is 11.8 Å². The lowest BCUT2D eigenvalue weighted by Crippen LogP contribution is -2.00. The van der Waals surface area contributed by atoms with E-state index in [0.717, 1.165) is 10.0 Å². The summed E-state index contributed by atoms with van der Waals surface area (Å²) in [7, 11) is 1.60. The van der Waals surface area contributed by atoms with Crippen LogP contribution in [0.1, 0.15) is 5.56 Å². The summed E-state index contributed by atoms with van der Waals surface area (Å²) >= 11 is 3.47. The SMILES string of the molecule is COc1ccc(-c2cc(-c3ccccn3)nc(N)c2C#N)cc1Br. The molecule has 0 saturated carbocycles. The van der Waals surface area contributed by atoms with Crippen LogP contribution >= 0.6 is 15.9 Å². The molecule has 0 aliphatic rings. The Morgan fingerprint density at radius 1 is 1.17 bits per heavy atom. The Morgan fingerprint density at radius 2 is 2.00 bits per heavy atom. The molecular formula is C18H13BrN4O. The number of benzene rings is 1. The first-order chi connectivity index (χ1) is 11.6. The number of hydrogen-bond acceptors (Lipinski definition) is 5. The van der Waals surface area contributed by atoms with Gasteiger partial charge in [-0.05, 0) is 51.8 Å². The van der Waals surface area contributed by atoms with Crippen molar-refractivity contribution >= 4 is 21.7 Å². The number of rotatable bonds is 3. The fraction of sp³-hybridized carbons (Fsp3) is 0.0556. The maximum atomic E-state index is 9.47. The standard InChI is InChI=1S/C18H13BrN4O/c1-24-17-6-5-11(8-14(17)19)12-9-16(15-4-2-3-7-22-15)23-18(21)13(12)10-20/h2-9H,1H3,(H2,21,23). The Labute approximate surface area is 147 Å². The molecule has 0 fully saturated rings. The fourth-order valence-electron chi connectivity index (χ4n) is 2.39. The number of nitrogen functional groups attached to an aromatic ring is 1. The molecule has 2 aromatic heterocycles. The van der Waals surface area contributed by atoms with E-state index in [4.69, 9.17) is 10.5 Å². The summed E-state index contributed by atoms with van der Waals surface area (Å²) in [4.78, 5) is 8.61. The van der Waals surface area contributed by atoms with E-state index in [9.17, 15) is 5.26 Å². The Balaban J connectivity index is 2.21. The average molecular weight is 381 g/mol. The summed E-state index contributed by atoms with van der Waals surface area (Å²) in [5.74, 6) is 0.895. The van der Waals surface area contributed by atoms with E-state index in [1.165, 1.54) is 0 Å². The third-order valence-corrected chi connectivity index (χ3v) is 4.17. The number of methoxy groups -OCH3 is 1. The minimum absolute atomic E-state index is 0.183. The lowest BCUT2D eigenvalue weighted by atomic mass is 9.99. The molecule has 5 nitrogen and oxygen atoms in total. The van der Waals surface area contributed by atoms with Gasteiger partial charge in [0.2, 0.25) is 0 Å². The van der Waals surface area contributed by atoms with Gasteiger partial charge in [-0.3, -0.25) is 4.98 Å². The van der Waals surface area contributed by atoms with Crippen LogP contribution in [-0.2, 0) is 0 Å². The van der Waals surface area contributed by atoms with Crippen molar-refractivity contribution in [3.63, 3.8) is 0 Å². The smallest absolute Gasteiger partial charge is 0.142 e. The van der Waals surface area contributed by atoms with E-state index in [1.807, 2.05) is 42.5 Å². The molecule has 3 aromatic rings. The Kier molecular flexibility index (Phi) is 4.45. The minimum atomic E-state index is 0.183. The van der Waals surface area contributed by atoms with Gasteiger partial charge >= 0.3 is 0 Å². The quantitative estimate of drug-likeness (QED) is 0.740. The first-order valence-corrected chi connectivity index (χ1v) is 7.89. The van der Waals surface area contributed by atoms with Crippen LogP contribution in [0.2, 0.25) is 0 Å². The molecule has 24 heavy (non-hydrogen) atoms. The molecule has 0 spiro atoms. The van der Waals surface area contributed by atoms with Gasteiger partial charge in [-0.2, -0.15) is 5.26 Å². The highest BCUT2D eigenvalue weighted by Gasteiger charge is 2.15. The fourth-order valence-corrected chi connectivity index (χ4v) is 2.93. The molecule has 2 heterocycles. The van der Waals surface area contributed by atoms with Crippen molar-refractivity contribution in [2.24, 2.45) is 0 Å². The van der Waals surface area contributed by atoms with Crippen LogP contribution in [0.4, 0.5) is 5.82 Å². The van der Waals surface area contributed by atoms with E-state index in [1.54, 1.807) is 13.3 Å². The number of nitrogens with zero attached hydrogens (tertiary/aromatic N) is 3. The molecule has 0 bridgehead atoms. The summed E-state index contributed by atoms with van der Waals surface area (Å²) in [6, 6.07) is 15.1. The summed E-state index contributed by atoms with van der Waals surface area (Å²) in [5.41, 5.74) is 9.20. The number of nitriles is 1.